The molecule has 3 unspecified atom stereocenters. The second-order valence-corrected chi connectivity index (χ2v) is 14.1. The van der Waals surface area contributed by atoms with Gasteiger partial charge in [0.15, 0.2) is 0 Å². The Morgan fingerprint density at radius 2 is 1.87 bits per heavy atom. The Bertz CT molecular complexity index is 1700. The molecule has 0 bridgehead atoms. The van der Waals surface area contributed by atoms with Crippen molar-refractivity contribution in [1.29, 1.82) is 0 Å². The zero-order valence-corrected chi connectivity index (χ0v) is 27.8. The van der Waals surface area contributed by atoms with Gasteiger partial charge >= 0.3 is 17.6 Å². The summed E-state index contributed by atoms with van der Waals surface area (Å²) in [7, 11) is 1.58. The molecule has 10 nitrogen and oxygen atoms in total. The third-order valence-electron chi connectivity index (χ3n) is 11.5. The summed E-state index contributed by atoms with van der Waals surface area (Å²) in [6.07, 6.45) is 3.12. The smallest absolute Gasteiger partial charge is 0.345 e. The summed E-state index contributed by atoms with van der Waals surface area (Å²) in [4.78, 5) is 43.4. The molecule has 0 spiro atoms. The van der Waals surface area contributed by atoms with Crippen LogP contribution in [-0.2, 0) is 25.5 Å². The standard InChI is InChI=1S/C37H43NO9/c1-21-13-14-35(3)28(36(21,4)20-44-22(2)39)18-29(46-30(40)16-23-9-11-25(43-6)12-10-23)37(5)33(35)32(41)31-27(47-37)17-26(45-34(31)42)24-8-7-15-38-19-24/h7-12,15,17,19,21,28-29,32-33,41H,13-14,16,18,20H2,1-6H3/t21-,28?,29-,32-,33?,35-,36?,37+/m0/s1. The van der Waals surface area contributed by atoms with Crippen LogP contribution in [0, 0.1) is 28.6 Å². The van der Waals surface area contributed by atoms with Gasteiger partial charge in [-0.25, -0.2) is 4.79 Å². The molecule has 250 valence electrons. The molecule has 2 aliphatic carbocycles. The van der Waals surface area contributed by atoms with Gasteiger partial charge in [-0.2, -0.15) is 0 Å². The number of hydrogen-bond acceptors (Lipinski definition) is 10. The van der Waals surface area contributed by atoms with E-state index < -0.39 is 46.2 Å². The van der Waals surface area contributed by atoms with E-state index in [-0.39, 0.29) is 47.9 Å². The van der Waals surface area contributed by atoms with Gasteiger partial charge < -0.3 is 28.5 Å². The maximum atomic E-state index is 13.6. The van der Waals surface area contributed by atoms with E-state index in [0.29, 0.717) is 17.7 Å². The number of ether oxygens (including phenoxy) is 4. The molecule has 3 aliphatic rings. The third kappa shape index (κ3) is 5.60. The van der Waals surface area contributed by atoms with Gasteiger partial charge in [-0.15, -0.1) is 0 Å². The summed E-state index contributed by atoms with van der Waals surface area (Å²) >= 11 is 0. The van der Waals surface area contributed by atoms with Crippen LogP contribution in [0.25, 0.3) is 11.3 Å². The lowest BCUT2D eigenvalue weighted by molar-refractivity contribution is -0.262. The average molecular weight is 646 g/mol. The van der Waals surface area contributed by atoms with Gasteiger partial charge in [-0.3, -0.25) is 14.6 Å². The van der Waals surface area contributed by atoms with Crippen LogP contribution >= 0.6 is 0 Å². The highest BCUT2D eigenvalue weighted by molar-refractivity contribution is 5.73. The number of carbonyl (C=O) groups excluding carboxylic acids is 2. The predicted molar refractivity (Wildman–Crippen MR) is 172 cm³/mol. The molecule has 0 saturated heterocycles. The van der Waals surface area contributed by atoms with Gasteiger partial charge in [0.25, 0.3) is 0 Å². The molecule has 0 radical (unpaired) electrons. The number of benzene rings is 1. The molecule has 1 N–H and O–H groups in total. The SMILES string of the molecule is COc1ccc(CC(=O)O[C@H]2CC3C(C)(COC(C)=O)[C@@H](C)CC[C@]3(C)C3[C@@H](O)c4c(cc(-c5cccnc5)oc4=O)O[C@@]32C)cc1. The van der Waals surface area contributed by atoms with Gasteiger partial charge in [-0.1, -0.05) is 32.9 Å². The average Bonchev–Trinajstić information content (AvgIpc) is 3.03. The molecule has 3 aromatic rings. The van der Waals surface area contributed by atoms with Gasteiger partial charge in [0.1, 0.15) is 34.5 Å². The topological polar surface area (TPSA) is 134 Å². The van der Waals surface area contributed by atoms with Crippen molar-refractivity contribution in [2.75, 3.05) is 13.7 Å². The highest BCUT2D eigenvalue weighted by Crippen LogP contribution is 2.68. The quantitative estimate of drug-likeness (QED) is 0.319. The Morgan fingerprint density at radius 1 is 1.13 bits per heavy atom. The van der Waals surface area contributed by atoms with E-state index >= 15 is 0 Å². The summed E-state index contributed by atoms with van der Waals surface area (Å²) in [5.74, 6) is -0.330. The van der Waals surface area contributed by atoms with E-state index in [9.17, 15) is 19.5 Å². The highest BCUT2D eigenvalue weighted by Gasteiger charge is 2.70. The fraction of sp³-hybridized carbons (Fsp3) is 0.514. The van der Waals surface area contributed by atoms with E-state index in [1.165, 1.54) is 6.92 Å². The van der Waals surface area contributed by atoms with E-state index in [1.54, 1.807) is 49.8 Å². The number of methoxy groups -OCH3 is 1. The molecule has 47 heavy (non-hydrogen) atoms. The molecule has 2 fully saturated rings. The Balaban J connectivity index is 1.44. The molecule has 0 amide bonds. The number of aliphatic hydroxyl groups is 1. The van der Waals surface area contributed by atoms with Crippen molar-refractivity contribution in [2.24, 2.45) is 28.6 Å². The molecule has 8 atom stereocenters. The second-order valence-electron chi connectivity index (χ2n) is 14.1. The van der Waals surface area contributed by atoms with Crippen molar-refractivity contribution in [2.45, 2.75) is 78.1 Å². The summed E-state index contributed by atoms with van der Waals surface area (Å²) in [5, 5.41) is 12.3. The Morgan fingerprint density at radius 3 is 2.53 bits per heavy atom. The fourth-order valence-corrected chi connectivity index (χ4v) is 8.81. The van der Waals surface area contributed by atoms with Crippen molar-refractivity contribution in [3.63, 3.8) is 0 Å². The number of nitrogens with zero attached hydrogens (tertiary/aromatic N) is 1. The van der Waals surface area contributed by atoms with E-state index in [2.05, 4.69) is 25.8 Å². The van der Waals surface area contributed by atoms with Gasteiger partial charge in [0.2, 0.25) is 0 Å². The largest absolute Gasteiger partial charge is 0.497 e. The number of esters is 2. The van der Waals surface area contributed by atoms with Gasteiger partial charge in [0, 0.05) is 42.3 Å². The first-order valence-corrected chi connectivity index (χ1v) is 16.2. The molecule has 2 aromatic heterocycles. The number of hydrogen-bond donors (Lipinski definition) is 1. The highest BCUT2D eigenvalue weighted by atomic mass is 16.6. The first-order valence-electron chi connectivity index (χ1n) is 16.2. The molecule has 10 heteroatoms. The summed E-state index contributed by atoms with van der Waals surface area (Å²) < 4.78 is 29.8. The molecule has 3 heterocycles. The third-order valence-corrected chi connectivity index (χ3v) is 11.5. The Labute approximate surface area is 274 Å². The van der Waals surface area contributed by atoms with Gasteiger partial charge in [-0.05, 0) is 73.3 Å². The van der Waals surface area contributed by atoms with Crippen molar-refractivity contribution < 1.29 is 38.1 Å². The number of aromatic nitrogens is 1. The van der Waals surface area contributed by atoms with Crippen LogP contribution in [0.1, 0.15) is 71.1 Å². The van der Waals surface area contributed by atoms with Crippen molar-refractivity contribution in [3.8, 4) is 22.8 Å². The van der Waals surface area contributed by atoms with Gasteiger partial charge in [0.05, 0.1) is 26.2 Å². The van der Waals surface area contributed by atoms with Crippen molar-refractivity contribution in [1.82, 2.24) is 4.98 Å². The molecular formula is C37H43NO9. The molecule has 1 aromatic carbocycles. The van der Waals surface area contributed by atoms with E-state index in [1.807, 2.05) is 19.1 Å². The Kier molecular flexibility index (Phi) is 8.45. The lowest BCUT2D eigenvalue weighted by atomic mass is 9.41. The maximum Gasteiger partial charge on any atom is 0.345 e. The first kappa shape index (κ1) is 32.7. The van der Waals surface area contributed by atoms with Crippen LogP contribution in [0.3, 0.4) is 0 Å². The number of pyridine rings is 1. The normalized spacial score (nSPS) is 32.5. The Hall–Kier alpha value is -4.18. The van der Waals surface area contributed by atoms with Crippen LogP contribution in [0.5, 0.6) is 11.5 Å². The molecular weight excluding hydrogens is 602 g/mol. The summed E-state index contributed by atoms with van der Waals surface area (Å²) in [5.41, 5.74) is -1.60. The number of carbonyl (C=O) groups is 2. The minimum absolute atomic E-state index is 0.0260. The van der Waals surface area contributed by atoms with E-state index in [4.69, 9.17) is 23.4 Å². The van der Waals surface area contributed by atoms with E-state index in [0.717, 1.165) is 18.4 Å². The predicted octanol–water partition coefficient (Wildman–Crippen LogP) is 5.69. The number of aliphatic hydroxyl groups excluding tert-OH is 1. The lowest BCUT2D eigenvalue weighted by Crippen LogP contribution is -2.70. The zero-order valence-electron chi connectivity index (χ0n) is 27.8. The van der Waals surface area contributed by atoms with Crippen molar-refractivity contribution >= 4 is 11.9 Å². The number of fused-ring (bicyclic) bond motifs is 4. The van der Waals surface area contributed by atoms with Crippen LogP contribution in [0.4, 0.5) is 0 Å². The molecule has 6 rings (SSSR count). The maximum absolute atomic E-state index is 13.6. The van der Waals surface area contributed by atoms with Crippen molar-refractivity contribution in [3.05, 3.63) is 76.4 Å². The van der Waals surface area contributed by atoms with Crippen LogP contribution in [0.15, 0.2) is 64.1 Å². The summed E-state index contributed by atoms with van der Waals surface area (Å²) in [6, 6.07) is 12.3. The number of rotatable bonds is 7. The molecule has 1 aliphatic heterocycles. The first-order chi connectivity index (χ1) is 22.3. The fourth-order valence-electron chi connectivity index (χ4n) is 8.81. The minimum Gasteiger partial charge on any atom is -0.497 e. The zero-order chi connectivity index (χ0) is 33.7. The van der Waals surface area contributed by atoms with Crippen LogP contribution in [0.2, 0.25) is 0 Å². The molecule has 2 saturated carbocycles. The minimum atomic E-state index is -1.27. The van der Waals surface area contributed by atoms with Crippen LogP contribution < -0.4 is 15.1 Å². The lowest BCUT2D eigenvalue weighted by Gasteiger charge is -2.66. The summed E-state index contributed by atoms with van der Waals surface area (Å²) in [6.45, 7) is 9.84. The monoisotopic (exact) mass is 645 g/mol. The van der Waals surface area contributed by atoms with Crippen LogP contribution in [-0.4, -0.2) is 47.5 Å². The second kappa shape index (κ2) is 12.1.